The lowest BCUT2D eigenvalue weighted by molar-refractivity contribution is 0.491. The Morgan fingerprint density at radius 1 is 1.24 bits per heavy atom. The first kappa shape index (κ1) is 14.1. The second-order valence-electron chi connectivity index (χ2n) is 4.23. The van der Waals surface area contributed by atoms with Gasteiger partial charge in [0.05, 0.1) is 0 Å². The van der Waals surface area contributed by atoms with Gasteiger partial charge in [-0.2, -0.15) is 0 Å². The summed E-state index contributed by atoms with van der Waals surface area (Å²) >= 11 is 0. The molecule has 0 aromatic heterocycles. The average molecular weight is 242 g/mol. The Morgan fingerprint density at radius 3 is 2.65 bits per heavy atom. The van der Waals surface area contributed by atoms with E-state index >= 15 is 0 Å². The van der Waals surface area contributed by atoms with Crippen molar-refractivity contribution < 1.29 is 8.78 Å². The zero-order chi connectivity index (χ0) is 12.7. The maximum absolute atomic E-state index is 12.9. The first-order valence-corrected chi connectivity index (χ1v) is 6.01. The summed E-state index contributed by atoms with van der Waals surface area (Å²) in [7, 11) is 0. The van der Waals surface area contributed by atoms with Crippen molar-refractivity contribution in [3.8, 4) is 0 Å². The molecule has 0 aliphatic rings. The molecule has 2 nitrogen and oxygen atoms in total. The highest BCUT2D eigenvalue weighted by Crippen LogP contribution is 2.08. The molecule has 0 spiro atoms. The topological polar surface area (TPSA) is 24.1 Å². The third-order valence-electron chi connectivity index (χ3n) is 2.52. The van der Waals surface area contributed by atoms with Crippen LogP contribution in [0.1, 0.15) is 25.8 Å². The molecule has 0 bridgehead atoms. The van der Waals surface area contributed by atoms with E-state index in [2.05, 4.69) is 24.5 Å². The van der Waals surface area contributed by atoms with Crippen molar-refractivity contribution in [3.63, 3.8) is 0 Å². The van der Waals surface area contributed by atoms with Gasteiger partial charge in [0.1, 0.15) is 0 Å². The van der Waals surface area contributed by atoms with Gasteiger partial charge in [-0.05, 0) is 37.6 Å². The SMILES string of the molecule is CCCNCC(C)NCc1ccc(F)c(F)c1. The molecule has 0 fully saturated rings. The van der Waals surface area contributed by atoms with Crippen LogP contribution < -0.4 is 10.6 Å². The summed E-state index contributed by atoms with van der Waals surface area (Å²) < 4.78 is 25.6. The molecular formula is C13H20F2N2. The van der Waals surface area contributed by atoms with Gasteiger partial charge in [0.2, 0.25) is 0 Å². The van der Waals surface area contributed by atoms with Crippen molar-refractivity contribution in [1.82, 2.24) is 10.6 Å². The zero-order valence-corrected chi connectivity index (χ0v) is 10.4. The molecule has 17 heavy (non-hydrogen) atoms. The maximum atomic E-state index is 12.9. The first-order chi connectivity index (χ1) is 8.13. The van der Waals surface area contributed by atoms with Crippen molar-refractivity contribution in [1.29, 1.82) is 0 Å². The molecule has 0 heterocycles. The predicted octanol–water partition coefficient (Wildman–Crippen LogP) is 2.44. The van der Waals surface area contributed by atoms with Crippen LogP contribution in [0.15, 0.2) is 18.2 Å². The molecule has 0 aliphatic carbocycles. The summed E-state index contributed by atoms with van der Waals surface area (Å²) in [4.78, 5) is 0. The smallest absolute Gasteiger partial charge is 0.159 e. The van der Waals surface area contributed by atoms with E-state index in [1.54, 1.807) is 6.07 Å². The van der Waals surface area contributed by atoms with Crippen molar-refractivity contribution in [2.75, 3.05) is 13.1 Å². The molecule has 0 saturated heterocycles. The van der Waals surface area contributed by atoms with Crippen molar-refractivity contribution >= 4 is 0 Å². The van der Waals surface area contributed by atoms with Gasteiger partial charge in [0.15, 0.2) is 11.6 Å². The average Bonchev–Trinajstić information content (AvgIpc) is 2.31. The van der Waals surface area contributed by atoms with E-state index in [4.69, 9.17) is 0 Å². The molecule has 0 saturated carbocycles. The quantitative estimate of drug-likeness (QED) is 0.718. The first-order valence-electron chi connectivity index (χ1n) is 6.01. The summed E-state index contributed by atoms with van der Waals surface area (Å²) in [6.07, 6.45) is 1.11. The third-order valence-corrected chi connectivity index (χ3v) is 2.52. The summed E-state index contributed by atoms with van der Waals surface area (Å²) in [5.41, 5.74) is 0.756. The third kappa shape index (κ3) is 5.24. The fourth-order valence-corrected chi connectivity index (χ4v) is 1.51. The molecule has 0 aliphatic heterocycles. The minimum Gasteiger partial charge on any atom is -0.315 e. The lowest BCUT2D eigenvalue weighted by Gasteiger charge is -2.14. The zero-order valence-electron chi connectivity index (χ0n) is 10.4. The molecular weight excluding hydrogens is 222 g/mol. The molecule has 1 atom stereocenters. The molecule has 4 heteroatoms. The fraction of sp³-hybridized carbons (Fsp3) is 0.538. The van der Waals surface area contributed by atoms with Gasteiger partial charge in [-0.3, -0.25) is 0 Å². The number of hydrogen-bond acceptors (Lipinski definition) is 2. The van der Waals surface area contributed by atoms with Gasteiger partial charge in [-0.15, -0.1) is 0 Å². The van der Waals surface area contributed by atoms with E-state index in [0.717, 1.165) is 31.1 Å². The van der Waals surface area contributed by atoms with Crippen LogP contribution >= 0.6 is 0 Å². The van der Waals surface area contributed by atoms with Gasteiger partial charge >= 0.3 is 0 Å². The molecule has 2 N–H and O–H groups in total. The van der Waals surface area contributed by atoms with E-state index in [1.165, 1.54) is 6.07 Å². The van der Waals surface area contributed by atoms with Crippen molar-refractivity contribution in [2.45, 2.75) is 32.9 Å². The monoisotopic (exact) mass is 242 g/mol. The Labute approximate surface area is 101 Å². The Bertz CT molecular complexity index is 342. The van der Waals surface area contributed by atoms with Gasteiger partial charge in [-0.25, -0.2) is 8.78 Å². The number of rotatable bonds is 7. The largest absolute Gasteiger partial charge is 0.315 e. The van der Waals surface area contributed by atoms with E-state index in [9.17, 15) is 8.78 Å². The fourth-order valence-electron chi connectivity index (χ4n) is 1.51. The Kier molecular flexibility index (Phi) is 6.08. The summed E-state index contributed by atoms with van der Waals surface area (Å²) in [6, 6.07) is 4.29. The van der Waals surface area contributed by atoms with Crippen molar-refractivity contribution in [2.24, 2.45) is 0 Å². The molecule has 1 unspecified atom stereocenters. The van der Waals surface area contributed by atoms with Gasteiger partial charge in [0.25, 0.3) is 0 Å². The highest BCUT2D eigenvalue weighted by atomic mass is 19.2. The van der Waals surface area contributed by atoms with Crippen LogP contribution in [0.3, 0.4) is 0 Å². The van der Waals surface area contributed by atoms with E-state index in [1.807, 2.05) is 0 Å². The molecule has 96 valence electrons. The lowest BCUT2D eigenvalue weighted by Crippen LogP contribution is -2.36. The number of hydrogen-bond donors (Lipinski definition) is 2. The Morgan fingerprint density at radius 2 is 2.00 bits per heavy atom. The van der Waals surface area contributed by atoms with E-state index in [0.29, 0.717) is 12.6 Å². The summed E-state index contributed by atoms with van der Waals surface area (Å²) in [5.74, 6) is -1.59. The minimum absolute atomic E-state index is 0.301. The van der Waals surface area contributed by atoms with E-state index in [-0.39, 0.29) is 0 Å². The second kappa shape index (κ2) is 7.35. The van der Waals surface area contributed by atoms with Crippen LogP contribution in [0, 0.1) is 11.6 Å². The van der Waals surface area contributed by atoms with Crippen LogP contribution in [-0.2, 0) is 6.54 Å². The number of nitrogens with one attached hydrogen (secondary N) is 2. The lowest BCUT2D eigenvalue weighted by atomic mass is 10.2. The molecule has 1 rings (SSSR count). The highest BCUT2D eigenvalue weighted by molar-refractivity contribution is 5.17. The molecule has 0 radical (unpaired) electrons. The Balaban J connectivity index is 2.31. The van der Waals surface area contributed by atoms with Crippen LogP contribution in [-0.4, -0.2) is 19.1 Å². The Hall–Kier alpha value is -1.00. The standard InChI is InChI=1S/C13H20F2N2/c1-3-6-16-8-10(2)17-9-11-4-5-12(14)13(15)7-11/h4-5,7,10,16-17H,3,6,8-9H2,1-2H3. The van der Waals surface area contributed by atoms with Crippen LogP contribution in [0.25, 0.3) is 0 Å². The second-order valence-corrected chi connectivity index (χ2v) is 4.23. The maximum Gasteiger partial charge on any atom is 0.159 e. The highest BCUT2D eigenvalue weighted by Gasteiger charge is 2.04. The van der Waals surface area contributed by atoms with Gasteiger partial charge < -0.3 is 10.6 Å². The van der Waals surface area contributed by atoms with Crippen LogP contribution in [0.4, 0.5) is 8.78 Å². The van der Waals surface area contributed by atoms with Crippen molar-refractivity contribution in [3.05, 3.63) is 35.4 Å². The van der Waals surface area contributed by atoms with Gasteiger partial charge in [-0.1, -0.05) is 13.0 Å². The summed E-state index contributed by atoms with van der Waals surface area (Å²) in [5, 5.41) is 6.55. The summed E-state index contributed by atoms with van der Waals surface area (Å²) in [6.45, 7) is 6.59. The minimum atomic E-state index is -0.800. The normalized spacial score (nSPS) is 12.7. The van der Waals surface area contributed by atoms with Crippen LogP contribution in [0.2, 0.25) is 0 Å². The predicted molar refractivity (Wildman–Crippen MR) is 65.8 cm³/mol. The molecule has 1 aromatic carbocycles. The molecule has 0 amide bonds. The van der Waals surface area contributed by atoms with Gasteiger partial charge in [0, 0.05) is 19.1 Å². The molecule has 1 aromatic rings. The van der Waals surface area contributed by atoms with E-state index < -0.39 is 11.6 Å². The number of halogens is 2. The van der Waals surface area contributed by atoms with Crippen LogP contribution in [0.5, 0.6) is 0 Å². The number of benzene rings is 1.